The molecule has 0 spiro atoms. The Kier molecular flexibility index (Phi) is 4.45. The van der Waals surface area contributed by atoms with E-state index < -0.39 is 0 Å². The van der Waals surface area contributed by atoms with Gasteiger partial charge in [0.2, 0.25) is 0 Å². The van der Waals surface area contributed by atoms with Crippen LogP contribution in [0.5, 0.6) is 0 Å². The molecule has 0 aromatic rings. The average molecular weight is 239 g/mol. The number of rotatable bonds is 3. The van der Waals surface area contributed by atoms with Gasteiger partial charge in [-0.15, -0.1) is 0 Å². The summed E-state index contributed by atoms with van der Waals surface area (Å²) in [5, 5.41) is 3.52. The first-order chi connectivity index (χ1) is 8.08. The number of hydrogen-bond acceptors (Lipinski definition) is 3. The van der Waals surface area contributed by atoms with Crippen molar-refractivity contribution in [2.24, 2.45) is 5.92 Å². The molecule has 2 aliphatic heterocycles. The smallest absolute Gasteiger partial charge is 0.0277 e. The highest BCUT2D eigenvalue weighted by atomic mass is 15.3. The monoisotopic (exact) mass is 239 g/mol. The predicted molar refractivity (Wildman–Crippen MR) is 73.4 cm³/mol. The lowest BCUT2D eigenvalue weighted by atomic mass is 9.94. The number of piperidine rings is 1. The minimum Gasteiger partial charge on any atom is -0.316 e. The summed E-state index contributed by atoms with van der Waals surface area (Å²) in [6, 6.07) is 0. The van der Waals surface area contributed by atoms with Crippen molar-refractivity contribution in [3.8, 4) is 0 Å². The summed E-state index contributed by atoms with van der Waals surface area (Å²) in [5.41, 5.74) is 0.350. The molecule has 17 heavy (non-hydrogen) atoms. The quantitative estimate of drug-likeness (QED) is 0.803. The Labute approximate surface area is 107 Å². The molecule has 3 nitrogen and oxygen atoms in total. The van der Waals surface area contributed by atoms with Crippen LogP contribution >= 0.6 is 0 Å². The van der Waals surface area contributed by atoms with E-state index in [9.17, 15) is 0 Å². The molecule has 0 aromatic carbocycles. The van der Waals surface area contributed by atoms with Gasteiger partial charge in [0.15, 0.2) is 0 Å². The van der Waals surface area contributed by atoms with Gasteiger partial charge in [-0.3, -0.25) is 4.90 Å². The summed E-state index contributed by atoms with van der Waals surface area (Å²) in [5.74, 6) is 0.923. The van der Waals surface area contributed by atoms with Crippen molar-refractivity contribution >= 4 is 0 Å². The van der Waals surface area contributed by atoms with Crippen molar-refractivity contribution < 1.29 is 0 Å². The molecule has 2 saturated heterocycles. The van der Waals surface area contributed by atoms with E-state index in [1.54, 1.807) is 0 Å². The van der Waals surface area contributed by atoms with E-state index in [1.807, 2.05) is 0 Å². The molecular weight excluding hydrogens is 210 g/mol. The number of hydrogen-bond donors (Lipinski definition) is 1. The predicted octanol–water partition coefficient (Wildman–Crippen LogP) is 1.40. The number of piperazine rings is 1. The van der Waals surface area contributed by atoms with E-state index in [0.29, 0.717) is 5.54 Å². The molecule has 2 aliphatic rings. The number of nitrogens with zero attached hydrogens (tertiary/aromatic N) is 2. The van der Waals surface area contributed by atoms with E-state index in [-0.39, 0.29) is 0 Å². The van der Waals surface area contributed by atoms with Gasteiger partial charge in [-0.25, -0.2) is 0 Å². The molecular formula is C14H29N3. The Hall–Kier alpha value is -0.120. The summed E-state index contributed by atoms with van der Waals surface area (Å²) in [6.07, 6.45) is 4.19. The van der Waals surface area contributed by atoms with Gasteiger partial charge in [0, 0.05) is 25.2 Å². The first-order valence-electron chi connectivity index (χ1n) is 7.22. The Morgan fingerprint density at radius 1 is 1.29 bits per heavy atom. The van der Waals surface area contributed by atoms with Gasteiger partial charge in [-0.1, -0.05) is 0 Å². The van der Waals surface area contributed by atoms with Crippen LogP contribution in [0.25, 0.3) is 0 Å². The van der Waals surface area contributed by atoms with E-state index >= 15 is 0 Å². The van der Waals surface area contributed by atoms with Crippen LogP contribution in [-0.2, 0) is 0 Å². The van der Waals surface area contributed by atoms with Crippen LogP contribution in [0.3, 0.4) is 0 Å². The van der Waals surface area contributed by atoms with Gasteiger partial charge in [0.1, 0.15) is 0 Å². The van der Waals surface area contributed by atoms with Crippen molar-refractivity contribution in [2.45, 2.75) is 38.6 Å². The zero-order valence-corrected chi connectivity index (χ0v) is 11.8. The Morgan fingerprint density at radius 2 is 2.12 bits per heavy atom. The van der Waals surface area contributed by atoms with Crippen LogP contribution in [0.1, 0.15) is 33.1 Å². The van der Waals surface area contributed by atoms with Crippen LogP contribution in [0.2, 0.25) is 0 Å². The van der Waals surface area contributed by atoms with Gasteiger partial charge in [-0.2, -0.15) is 0 Å². The molecule has 2 heterocycles. The van der Waals surface area contributed by atoms with Gasteiger partial charge in [0.25, 0.3) is 0 Å². The third-order valence-corrected chi connectivity index (χ3v) is 4.65. The van der Waals surface area contributed by atoms with Gasteiger partial charge < -0.3 is 10.2 Å². The van der Waals surface area contributed by atoms with Crippen molar-refractivity contribution in [1.82, 2.24) is 15.1 Å². The van der Waals surface area contributed by atoms with Gasteiger partial charge in [0.05, 0.1) is 0 Å². The highest BCUT2D eigenvalue weighted by Crippen LogP contribution is 2.20. The highest BCUT2D eigenvalue weighted by molar-refractivity contribution is 4.88. The van der Waals surface area contributed by atoms with E-state index in [4.69, 9.17) is 0 Å². The van der Waals surface area contributed by atoms with Crippen LogP contribution in [0.4, 0.5) is 0 Å². The summed E-state index contributed by atoms with van der Waals surface area (Å²) in [6.45, 7) is 12.2. The number of nitrogens with one attached hydrogen (secondary N) is 1. The van der Waals surface area contributed by atoms with E-state index in [0.717, 1.165) is 5.92 Å². The van der Waals surface area contributed by atoms with Crippen molar-refractivity contribution in [2.75, 3.05) is 46.3 Å². The molecule has 1 N–H and O–H groups in total. The molecule has 0 radical (unpaired) electrons. The fourth-order valence-electron chi connectivity index (χ4n) is 3.07. The van der Waals surface area contributed by atoms with Crippen LogP contribution in [0.15, 0.2) is 0 Å². The minimum atomic E-state index is 0.350. The Morgan fingerprint density at radius 3 is 2.76 bits per heavy atom. The van der Waals surface area contributed by atoms with Crippen molar-refractivity contribution in [3.05, 3.63) is 0 Å². The van der Waals surface area contributed by atoms with E-state index in [1.165, 1.54) is 58.5 Å². The fourth-order valence-corrected chi connectivity index (χ4v) is 3.07. The number of likely N-dealkylation sites (N-methyl/N-ethyl adjacent to an activating group) is 1. The molecule has 0 amide bonds. The third-order valence-electron chi connectivity index (χ3n) is 4.65. The SMILES string of the molecule is CN1CCN(CCC2CCCNC2)CC1(C)C. The topological polar surface area (TPSA) is 18.5 Å². The molecule has 0 aliphatic carbocycles. The summed E-state index contributed by atoms with van der Waals surface area (Å²) >= 11 is 0. The first kappa shape index (κ1) is 13.3. The normalized spacial score (nSPS) is 31.6. The zero-order valence-electron chi connectivity index (χ0n) is 11.8. The standard InChI is InChI=1S/C14H29N3/c1-14(2)12-17(10-9-16(14)3)8-6-13-5-4-7-15-11-13/h13,15H,4-12H2,1-3H3. The van der Waals surface area contributed by atoms with Crippen LogP contribution in [-0.4, -0.2) is 61.7 Å². The summed E-state index contributed by atoms with van der Waals surface area (Å²) in [7, 11) is 2.25. The second kappa shape index (κ2) is 5.68. The largest absolute Gasteiger partial charge is 0.316 e. The van der Waals surface area contributed by atoms with Crippen LogP contribution < -0.4 is 5.32 Å². The Bertz CT molecular complexity index is 234. The molecule has 3 heteroatoms. The first-order valence-corrected chi connectivity index (χ1v) is 7.22. The maximum Gasteiger partial charge on any atom is 0.0277 e. The minimum absolute atomic E-state index is 0.350. The van der Waals surface area contributed by atoms with E-state index in [2.05, 4.69) is 36.0 Å². The Balaban J connectivity index is 1.72. The zero-order chi connectivity index (χ0) is 12.3. The molecule has 100 valence electrons. The van der Waals surface area contributed by atoms with Crippen LogP contribution in [0, 0.1) is 5.92 Å². The van der Waals surface area contributed by atoms with Crippen molar-refractivity contribution in [1.29, 1.82) is 0 Å². The second-order valence-electron chi connectivity index (χ2n) is 6.51. The fraction of sp³-hybridized carbons (Fsp3) is 1.00. The third kappa shape index (κ3) is 3.67. The molecule has 0 bridgehead atoms. The lowest BCUT2D eigenvalue weighted by molar-refractivity contribution is 0.0367. The maximum absolute atomic E-state index is 3.52. The second-order valence-corrected chi connectivity index (χ2v) is 6.51. The lowest BCUT2D eigenvalue weighted by Gasteiger charge is -2.45. The lowest BCUT2D eigenvalue weighted by Crippen LogP contribution is -2.57. The summed E-state index contributed by atoms with van der Waals surface area (Å²) in [4.78, 5) is 5.15. The van der Waals surface area contributed by atoms with Gasteiger partial charge >= 0.3 is 0 Å². The van der Waals surface area contributed by atoms with Gasteiger partial charge in [-0.05, 0) is 65.7 Å². The molecule has 0 saturated carbocycles. The molecule has 1 atom stereocenters. The maximum atomic E-state index is 3.52. The summed E-state index contributed by atoms with van der Waals surface area (Å²) < 4.78 is 0. The average Bonchev–Trinajstić information content (AvgIpc) is 2.32. The molecule has 2 rings (SSSR count). The van der Waals surface area contributed by atoms with Crippen molar-refractivity contribution in [3.63, 3.8) is 0 Å². The highest BCUT2D eigenvalue weighted by Gasteiger charge is 2.30. The molecule has 1 unspecified atom stereocenters. The molecule has 2 fully saturated rings. The molecule has 0 aromatic heterocycles.